The van der Waals surface area contributed by atoms with Crippen LogP contribution >= 0.6 is 0 Å². The van der Waals surface area contributed by atoms with Crippen molar-refractivity contribution in [1.82, 2.24) is 10.6 Å². The van der Waals surface area contributed by atoms with Crippen LogP contribution in [0.2, 0.25) is 0 Å². The SMILES string of the molecule is Cc1ccccc1/C=C/NC(=O)NCCC(C)C. The first-order valence-electron chi connectivity index (χ1n) is 6.36. The van der Waals surface area contributed by atoms with Gasteiger partial charge in [0.15, 0.2) is 0 Å². The minimum Gasteiger partial charge on any atom is -0.338 e. The molecule has 0 unspecified atom stereocenters. The van der Waals surface area contributed by atoms with Crippen LogP contribution in [0.25, 0.3) is 6.08 Å². The summed E-state index contributed by atoms with van der Waals surface area (Å²) in [6, 6.07) is 7.89. The number of urea groups is 1. The monoisotopic (exact) mass is 246 g/mol. The van der Waals surface area contributed by atoms with E-state index in [1.54, 1.807) is 6.20 Å². The molecular formula is C15H22N2O. The fourth-order valence-corrected chi connectivity index (χ4v) is 1.51. The molecule has 0 saturated carbocycles. The van der Waals surface area contributed by atoms with Crippen LogP contribution in [0.3, 0.4) is 0 Å². The van der Waals surface area contributed by atoms with Crippen LogP contribution in [0.15, 0.2) is 30.5 Å². The van der Waals surface area contributed by atoms with Crippen LogP contribution in [0, 0.1) is 12.8 Å². The van der Waals surface area contributed by atoms with E-state index in [9.17, 15) is 4.79 Å². The van der Waals surface area contributed by atoms with Gasteiger partial charge in [0, 0.05) is 12.7 Å². The second kappa shape index (κ2) is 7.54. The van der Waals surface area contributed by atoms with E-state index in [1.165, 1.54) is 5.56 Å². The molecule has 2 N–H and O–H groups in total. The average Bonchev–Trinajstić information content (AvgIpc) is 2.31. The zero-order valence-corrected chi connectivity index (χ0v) is 11.4. The highest BCUT2D eigenvalue weighted by Crippen LogP contribution is 2.07. The molecule has 0 heterocycles. The summed E-state index contributed by atoms with van der Waals surface area (Å²) in [5.41, 5.74) is 2.30. The highest BCUT2D eigenvalue weighted by atomic mass is 16.2. The Morgan fingerprint density at radius 1 is 1.33 bits per heavy atom. The lowest BCUT2D eigenvalue weighted by Crippen LogP contribution is -2.33. The summed E-state index contributed by atoms with van der Waals surface area (Å²) in [6.07, 6.45) is 4.57. The Bertz CT molecular complexity index is 411. The number of rotatable bonds is 5. The molecule has 0 saturated heterocycles. The van der Waals surface area contributed by atoms with Crippen molar-refractivity contribution in [3.8, 4) is 0 Å². The fraction of sp³-hybridized carbons (Fsp3) is 0.400. The number of nitrogens with one attached hydrogen (secondary N) is 2. The maximum atomic E-state index is 11.4. The molecule has 2 amide bonds. The molecule has 3 nitrogen and oxygen atoms in total. The van der Waals surface area contributed by atoms with Crippen molar-refractivity contribution in [2.45, 2.75) is 27.2 Å². The summed E-state index contributed by atoms with van der Waals surface area (Å²) < 4.78 is 0. The van der Waals surface area contributed by atoms with E-state index in [2.05, 4.69) is 24.5 Å². The van der Waals surface area contributed by atoms with E-state index < -0.39 is 0 Å². The lowest BCUT2D eigenvalue weighted by Gasteiger charge is -2.06. The van der Waals surface area contributed by atoms with Crippen LogP contribution in [0.1, 0.15) is 31.4 Å². The number of benzene rings is 1. The Kier molecular flexibility index (Phi) is 5.98. The molecule has 0 atom stereocenters. The summed E-state index contributed by atoms with van der Waals surface area (Å²) >= 11 is 0. The molecule has 3 heteroatoms. The number of hydrogen-bond donors (Lipinski definition) is 2. The molecule has 98 valence electrons. The minimum absolute atomic E-state index is 0.152. The third kappa shape index (κ3) is 5.53. The summed E-state index contributed by atoms with van der Waals surface area (Å²) in [5.74, 6) is 0.604. The Hall–Kier alpha value is -1.77. The van der Waals surface area contributed by atoms with E-state index in [4.69, 9.17) is 0 Å². The van der Waals surface area contributed by atoms with E-state index in [1.807, 2.05) is 37.3 Å². The number of amides is 2. The molecule has 0 aliphatic heterocycles. The summed E-state index contributed by atoms with van der Waals surface area (Å²) in [7, 11) is 0. The Labute approximate surface area is 109 Å². The van der Waals surface area contributed by atoms with Gasteiger partial charge in [-0.3, -0.25) is 0 Å². The Morgan fingerprint density at radius 3 is 2.72 bits per heavy atom. The van der Waals surface area contributed by atoms with Gasteiger partial charge >= 0.3 is 6.03 Å². The highest BCUT2D eigenvalue weighted by Gasteiger charge is 1.98. The molecule has 1 rings (SSSR count). The van der Waals surface area contributed by atoms with Gasteiger partial charge < -0.3 is 10.6 Å². The predicted molar refractivity (Wildman–Crippen MR) is 76.2 cm³/mol. The first-order valence-corrected chi connectivity index (χ1v) is 6.36. The molecule has 1 aromatic rings. The molecule has 0 aliphatic carbocycles. The quantitative estimate of drug-likeness (QED) is 0.822. The molecule has 0 aromatic heterocycles. The number of carbonyl (C=O) groups is 1. The number of hydrogen-bond acceptors (Lipinski definition) is 1. The number of aryl methyl sites for hydroxylation is 1. The van der Waals surface area contributed by atoms with E-state index in [0.717, 1.165) is 12.0 Å². The molecular weight excluding hydrogens is 224 g/mol. The largest absolute Gasteiger partial charge is 0.338 e. The Balaban J connectivity index is 2.32. The van der Waals surface area contributed by atoms with Gasteiger partial charge in [-0.2, -0.15) is 0 Å². The zero-order chi connectivity index (χ0) is 13.4. The second-order valence-electron chi connectivity index (χ2n) is 4.77. The van der Waals surface area contributed by atoms with Gasteiger partial charge in [-0.05, 0) is 36.5 Å². The fourth-order valence-electron chi connectivity index (χ4n) is 1.51. The lowest BCUT2D eigenvalue weighted by atomic mass is 10.1. The molecule has 0 radical (unpaired) electrons. The topological polar surface area (TPSA) is 41.1 Å². The van der Waals surface area contributed by atoms with Crippen molar-refractivity contribution in [3.05, 3.63) is 41.6 Å². The molecule has 1 aromatic carbocycles. The van der Waals surface area contributed by atoms with E-state index in [0.29, 0.717) is 12.5 Å². The normalized spacial score (nSPS) is 10.9. The summed E-state index contributed by atoms with van der Waals surface area (Å²) in [5, 5.41) is 5.52. The van der Waals surface area contributed by atoms with Gasteiger partial charge in [-0.1, -0.05) is 38.1 Å². The summed E-state index contributed by atoms with van der Waals surface area (Å²) in [4.78, 5) is 11.4. The first-order chi connectivity index (χ1) is 8.59. The van der Waals surface area contributed by atoms with Crippen LogP contribution in [-0.2, 0) is 0 Å². The van der Waals surface area contributed by atoms with Crippen molar-refractivity contribution < 1.29 is 4.79 Å². The van der Waals surface area contributed by atoms with E-state index in [-0.39, 0.29) is 6.03 Å². The maximum Gasteiger partial charge on any atom is 0.318 e. The van der Waals surface area contributed by atoms with Crippen LogP contribution in [-0.4, -0.2) is 12.6 Å². The third-order valence-corrected chi connectivity index (χ3v) is 2.67. The van der Waals surface area contributed by atoms with Crippen molar-refractivity contribution in [2.75, 3.05) is 6.54 Å². The minimum atomic E-state index is -0.152. The van der Waals surface area contributed by atoms with Crippen LogP contribution in [0.4, 0.5) is 4.79 Å². The van der Waals surface area contributed by atoms with E-state index >= 15 is 0 Å². The van der Waals surface area contributed by atoms with Gasteiger partial charge in [0.1, 0.15) is 0 Å². The third-order valence-electron chi connectivity index (χ3n) is 2.67. The Morgan fingerprint density at radius 2 is 2.06 bits per heavy atom. The first kappa shape index (κ1) is 14.3. The molecule has 18 heavy (non-hydrogen) atoms. The second-order valence-corrected chi connectivity index (χ2v) is 4.77. The van der Waals surface area contributed by atoms with Crippen molar-refractivity contribution >= 4 is 12.1 Å². The van der Waals surface area contributed by atoms with Crippen molar-refractivity contribution in [2.24, 2.45) is 5.92 Å². The molecule has 0 aliphatic rings. The van der Waals surface area contributed by atoms with Crippen molar-refractivity contribution in [3.63, 3.8) is 0 Å². The van der Waals surface area contributed by atoms with Crippen LogP contribution < -0.4 is 10.6 Å². The smallest absolute Gasteiger partial charge is 0.318 e. The van der Waals surface area contributed by atoms with Gasteiger partial charge in [0.2, 0.25) is 0 Å². The predicted octanol–water partition coefficient (Wildman–Crippen LogP) is 3.31. The lowest BCUT2D eigenvalue weighted by molar-refractivity contribution is 0.243. The van der Waals surface area contributed by atoms with Gasteiger partial charge in [-0.15, -0.1) is 0 Å². The average molecular weight is 246 g/mol. The highest BCUT2D eigenvalue weighted by molar-refractivity contribution is 5.75. The standard InChI is InChI=1S/C15H22N2O/c1-12(2)8-10-16-15(18)17-11-9-14-7-5-4-6-13(14)3/h4-7,9,11-12H,8,10H2,1-3H3,(H2,16,17,18)/b11-9+. The van der Waals surface area contributed by atoms with Crippen molar-refractivity contribution in [1.29, 1.82) is 0 Å². The molecule has 0 bridgehead atoms. The van der Waals surface area contributed by atoms with Gasteiger partial charge in [0.25, 0.3) is 0 Å². The molecule has 0 spiro atoms. The number of carbonyl (C=O) groups excluding carboxylic acids is 1. The maximum absolute atomic E-state index is 11.4. The summed E-state index contributed by atoms with van der Waals surface area (Å²) in [6.45, 7) is 7.03. The molecule has 0 fully saturated rings. The van der Waals surface area contributed by atoms with Gasteiger partial charge in [-0.25, -0.2) is 4.79 Å². The zero-order valence-electron chi connectivity index (χ0n) is 11.4. The van der Waals surface area contributed by atoms with Crippen LogP contribution in [0.5, 0.6) is 0 Å². The van der Waals surface area contributed by atoms with Gasteiger partial charge in [0.05, 0.1) is 0 Å².